The van der Waals surface area contributed by atoms with E-state index in [1.165, 1.54) is 0 Å². The highest BCUT2D eigenvalue weighted by Gasteiger charge is 2.46. The lowest BCUT2D eigenvalue weighted by Crippen LogP contribution is -2.58. The topological polar surface area (TPSA) is 75.8 Å². The van der Waals surface area contributed by atoms with Gasteiger partial charge in [-0.2, -0.15) is 0 Å². The highest BCUT2D eigenvalue weighted by molar-refractivity contribution is 5.79. The van der Waals surface area contributed by atoms with Gasteiger partial charge in [0, 0.05) is 13.1 Å². The Hall–Kier alpha value is -0.650. The van der Waals surface area contributed by atoms with Gasteiger partial charge in [0.25, 0.3) is 0 Å². The maximum absolute atomic E-state index is 11.4. The van der Waals surface area contributed by atoms with Crippen LogP contribution >= 0.6 is 0 Å². The first kappa shape index (κ1) is 16.7. The molecule has 0 spiro atoms. The van der Waals surface area contributed by atoms with E-state index in [2.05, 4.69) is 32.6 Å². The van der Waals surface area contributed by atoms with Gasteiger partial charge in [0.1, 0.15) is 5.54 Å². The van der Waals surface area contributed by atoms with Crippen molar-refractivity contribution < 1.29 is 14.6 Å². The quantitative estimate of drug-likeness (QED) is 0.828. The maximum atomic E-state index is 11.4. The molecule has 5 heteroatoms. The zero-order valence-corrected chi connectivity index (χ0v) is 13.8. The maximum Gasteiger partial charge on any atom is 0.323 e. The van der Waals surface area contributed by atoms with E-state index in [1.807, 2.05) is 0 Å². The number of hydrogen-bond acceptors (Lipinski definition) is 4. The Balaban J connectivity index is 1.95. The van der Waals surface area contributed by atoms with E-state index < -0.39 is 11.5 Å². The van der Waals surface area contributed by atoms with Crippen LogP contribution in [-0.4, -0.2) is 52.4 Å². The van der Waals surface area contributed by atoms with Crippen LogP contribution in [0, 0.1) is 5.92 Å². The Morgan fingerprint density at radius 1 is 1.29 bits per heavy atom. The molecule has 0 aromatic rings. The SMILES string of the molecule is CC1(C)CN(CCC2CCCC2(N)C(=O)O)CC(C)(C)O1. The summed E-state index contributed by atoms with van der Waals surface area (Å²) in [6, 6.07) is 0. The lowest BCUT2D eigenvalue weighted by Gasteiger charge is -2.47. The van der Waals surface area contributed by atoms with E-state index in [-0.39, 0.29) is 17.1 Å². The first-order valence-corrected chi connectivity index (χ1v) is 7.99. The number of nitrogens with zero attached hydrogens (tertiary/aromatic N) is 1. The minimum Gasteiger partial charge on any atom is -0.480 e. The molecule has 1 saturated carbocycles. The average molecular weight is 298 g/mol. The first-order chi connectivity index (χ1) is 9.54. The predicted molar refractivity (Wildman–Crippen MR) is 82.2 cm³/mol. The molecule has 2 fully saturated rings. The summed E-state index contributed by atoms with van der Waals surface area (Å²) in [6.45, 7) is 11.1. The monoisotopic (exact) mass is 298 g/mol. The van der Waals surface area contributed by atoms with Crippen LogP contribution in [0.5, 0.6) is 0 Å². The smallest absolute Gasteiger partial charge is 0.323 e. The molecule has 2 unspecified atom stereocenters. The lowest BCUT2D eigenvalue weighted by atomic mass is 9.85. The largest absolute Gasteiger partial charge is 0.480 e. The van der Waals surface area contributed by atoms with Crippen LogP contribution in [0.1, 0.15) is 53.4 Å². The van der Waals surface area contributed by atoms with Crippen molar-refractivity contribution >= 4 is 5.97 Å². The third-order valence-corrected chi connectivity index (χ3v) is 4.82. The summed E-state index contributed by atoms with van der Waals surface area (Å²) < 4.78 is 6.08. The van der Waals surface area contributed by atoms with Gasteiger partial charge in [-0.3, -0.25) is 9.69 Å². The highest BCUT2D eigenvalue weighted by atomic mass is 16.5. The highest BCUT2D eigenvalue weighted by Crippen LogP contribution is 2.37. The van der Waals surface area contributed by atoms with Gasteiger partial charge < -0.3 is 15.6 Å². The number of ether oxygens (including phenoxy) is 1. The molecule has 0 aromatic carbocycles. The molecule has 2 rings (SSSR count). The molecule has 1 saturated heterocycles. The van der Waals surface area contributed by atoms with Gasteiger partial charge in [0.2, 0.25) is 0 Å². The van der Waals surface area contributed by atoms with Crippen LogP contribution in [0.15, 0.2) is 0 Å². The minimum atomic E-state index is -1.02. The molecular weight excluding hydrogens is 268 g/mol. The molecule has 3 N–H and O–H groups in total. The number of morpholine rings is 1. The van der Waals surface area contributed by atoms with Gasteiger partial charge >= 0.3 is 5.97 Å². The van der Waals surface area contributed by atoms with Crippen molar-refractivity contribution in [1.82, 2.24) is 4.90 Å². The van der Waals surface area contributed by atoms with Crippen molar-refractivity contribution in [3.05, 3.63) is 0 Å². The third-order valence-electron chi connectivity index (χ3n) is 4.82. The molecule has 2 atom stereocenters. The summed E-state index contributed by atoms with van der Waals surface area (Å²) in [5, 5.41) is 9.39. The van der Waals surface area contributed by atoms with Gasteiger partial charge in [-0.1, -0.05) is 6.42 Å². The van der Waals surface area contributed by atoms with Crippen LogP contribution < -0.4 is 5.73 Å². The molecule has 0 bridgehead atoms. The third kappa shape index (κ3) is 3.76. The standard InChI is InChI=1S/C16H30N2O3/c1-14(2)10-18(11-15(3,4)21-14)9-7-12-6-5-8-16(12,17)13(19)20/h12H,5-11,17H2,1-4H3,(H,19,20). The number of carbonyl (C=O) groups is 1. The van der Waals surface area contributed by atoms with Gasteiger partial charge in [-0.05, 0) is 59.4 Å². The molecule has 21 heavy (non-hydrogen) atoms. The van der Waals surface area contributed by atoms with Gasteiger partial charge in [0.05, 0.1) is 11.2 Å². The summed E-state index contributed by atoms with van der Waals surface area (Å²) >= 11 is 0. The van der Waals surface area contributed by atoms with Crippen molar-refractivity contribution in [2.45, 2.75) is 70.1 Å². The Morgan fingerprint density at radius 2 is 1.86 bits per heavy atom. The predicted octanol–water partition coefficient (Wildman–Crippen LogP) is 1.85. The number of nitrogens with two attached hydrogens (primary N) is 1. The second-order valence-corrected chi connectivity index (χ2v) is 8.06. The number of rotatable bonds is 4. The van der Waals surface area contributed by atoms with Crippen molar-refractivity contribution in [2.75, 3.05) is 19.6 Å². The Morgan fingerprint density at radius 3 is 2.38 bits per heavy atom. The van der Waals surface area contributed by atoms with Crippen LogP contribution in [0.25, 0.3) is 0 Å². The van der Waals surface area contributed by atoms with E-state index in [0.717, 1.165) is 38.9 Å². The van der Waals surface area contributed by atoms with Crippen LogP contribution in [0.2, 0.25) is 0 Å². The molecule has 0 amide bonds. The molecule has 1 aliphatic heterocycles. The zero-order valence-electron chi connectivity index (χ0n) is 13.8. The summed E-state index contributed by atoms with van der Waals surface area (Å²) in [7, 11) is 0. The molecule has 0 radical (unpaired) electrons. The number of aliphatic carboxylic acids is 1. The molecule has 5 nitrogen and oxygen atoms in total. The summed E-state index contributed by atoms with van der Waals surface area (Å²) in [4.78, 5) is 13.8. The molecule has 1 aliphatic carbocycles. The van der Waals surface area contributed by atoms with Crippen LogP contribution in [0.4, 0.5) is 0 Å². The summed E-state index contributed by atoms with van der Waals surface area (Å²) in [5.41, 5.74) is 4.78. The molecular formula is C16H30N2O3. The van der Waals surface area contributed by atoms with Crippen LogP contribution in [-0.2, 0) is 9.53 Å². The van der Waals surface area contributed by atoms with Crippen molar-refractivity contribution in [3.63, 3.8) is 0 Å². The minimum absolute atomic E-state index is 0.0871. The summed E-state index contributed by atoms with van der Waals surface area (Å²) in [5.74, 6) is -0.753. The van der Waals surface area contributed by atoms with E-state index in [0.29, 0.717) is 6.42 Å². The molecule has 122 valence electrons. The lowest BCUT2D eigenvalue weighted by molar-refractivity contribution is -0.181. The second-order valence-electron chi connectivity index (χ2n) is 8.06. The fourth-order valence-corrected chi connectivity index (χ4v) is 4.23. The normalized spacial score (nSPS) is 35.8. The fourth-order valence-electron chi connectivity index (χ4n) is 4.23. The van der Waals surface area contributed by atoms with Gasteiger partial charge in [0.15, 0.2) is 0 Å². The number of carboxylic acids is 1. The van der Waals surface area contributed by atoms with Crippen LogP contribution in [0.3, 0.4) is 0 Å². The Bertz CT molecular complexity index is 392. The van der Waals surface area contributed by atoms with Gasteiger partial charge in [-0.15, -0.1) is 0 Å². The van der Waals surface area contributed by atoms with Crippen molar-refractivity contribution in [2.24, 2.45) is 11.7 Å². The van der Waals surface area contributed by atoms with Gasteiger partial charge in [-0.25, -0.2) is 0 Å². The molecule has 0 aromatic heterocycles. The second kappa shape index (κ2) is 5.52. The van der Waals surface area contributed by atoms with E-state index >= 15 is 0 Å². The summed E-state index contributed by atoms with van der Waals surface area (Å²) in [6.07, 6.45) is 3.32. The number of hydrogen-bond donors (Lipinski definition) is 2. The first-order valence-electron chi connectivity index (χ1n) is 7.99. The Labute approximate surface area is 127 Å². The van der Waals surface area contributed by atoms with E-state index in [4.69, 9.17) is 10.5 Å². The van der Waals surface area contributed by atoms with E-state index in [9.17, 15) is 9.90 Å². The average Bonchev–Trinajstić information content (AvgIpc) is 2.65. The fraction of sp³-hybridized carbons (Fsp3) is 0.938. The van der Waals surface area contributed by atoms with Crippen molar-refractivity contribution in [3.8, 4) is 0 Å². The van der Waals surface area contributed by atoms with E-state index in [1.54, 1.807) is 0 Å². The molecule has 2 aliphatic rings. The molecule has 1 heterocycles. The number of carboxylic acid groups (broad SMARTS) is 1. The van der Waals surface area contributed by atoms with Crippen molar-refractivity contribution in [1.29, 1.82) is 0 Å². The zero-order chi connectivity index (χ0) is 15.9. The Kier molecular flexibility index (Phi) is 4.40.